The molecule has 0 radical (unpaired) electrons. The lowest BCUT2D eigenvalue weighted by atomic mass is 10.1. The van der Waals surface area contributed by atoms with Crippen LogP contribution in [0.3, 0.4) is 0 Å². The number of hydrogen-bond acceptors (Lipinski definition) is 3. The molecule has 0 bridgehead atoms. The van der Waals surface area contributed by atoms with E-state index in [1.807, 2.05) is 0 Å². The molecular weight excluding hydrogens is 194 g/mol. The third kappa shape index (κ3) is 3.44. The first kappa shape index (κ1) is 10.8. The van der Waals surface area contributed by atoms with Gasteiger partial charge in [0.2, 0.25) is 0 Å². The molecule has 2 aliphatic heterocycles. The Morgan fingerprint density at radius 2 is 2.29 bits per heavy atom. The largest absolute Gasteiger partial charge is 0.378 e. The molecule has 2 rings (SSSR count). The van der Waals surface area contributed by atoms with Crippen molar-refractivity contribution in [3.05, 3.63) is 0 Å². The van der Waals surface area contributed by atoms with Gasteiger partial charge in [0, 0.05) is 18.4 Å². The highest BCUT2D eigenvalue weighted by molar-refractivity contribution is 7.99. The van der Waals surface area contributed by atoms with Crippen LogP contribution in [0, 0.1) is 0 Å². The van der Waals surface area contributed by atoms with E-state index in [0.29, 0.717) is 6.10 Å². The van der Waals surface area contributed by atoms with Crippen LogP contribution in [-0.4, -0.2) is 36.8 Å². The van der Waals surface area contributed by atoms with Gasteiger partial charge in [0.1, 0.15) is 0 Å². The Bertz CT molecular complexity index is 153. The second-order valence-electron chi connectivity index (χ2n) is 4.29. The molecule has 2 saturated heterocycles. The highest BCUT2D eigenvalue weighted by Gasteiger charge is 2.16. The topological polar surface area (TPSA) is 21.3 Å². The lowest BCUT2D eigenvalue weighted by molar-refractivity contribution is 0.0113. The van der Waals surface area contributed by atoms with E-state index in [1.165, 1.54) is 43.6 Å². The first-order valence-corrected chi connectivity index (χ1v) is 7.03. The molecule has 0 aromatic carbocycles. The fourth-order valence-electron chi connectivity index (χ4n) is 2.18. The lowest BCUT2D eigenvalue weighted by Gasteiger charge is -2.23. The van der Waals surface area contributed by atoms with Crippen molar-refractivity contribution < 1.29 is 4.74 Å². The van der Waals surface area contributed by atoms with Crippen molar-refractivity contribution >= 4 is 11.8 Å². The lowest BCUT2D eigenvalue weighted by Crippen LogP contribution is -2.32. The van der Waals surface area contributed by atoms with E-state index < -0.39 is 0 Å². The van der Waals surface area contributed by atoms with Crippen LogP contribution in [-0.2, 0) is 4.74 Å². The molecule has 2 unspecified atom stereocenters. The molecule has 14 heavy (non-hydrogen) atoms. The van der Waals surface area contributed by atoms with Gasteiger partial charge in [-0.25, -0.2) is 0 Å². The van der Waals surface area contributed by atoms with E-state index in [2.05, 4.69) is 17.1 Å². The van der Waals surface area contributed by atoms with E-state index in [9.17, 15) is 0 Å². The summed E-state index contributed by atoms with van der Waals surface area (Å²) in [4.78, 5) is 0. The van der Waals surface area contributed by atoms with Crippen molar-refractivity contribution in [3.63, 3.8) is 0 Å². The predicted octanol–water partition coefficient (Wildman–Crippen LogP) is 2.04. The van der Waals surface area contributed by atoms with Gasteiger partial charge < -0.3 is 10.1 Å². The van der Waals surface area contributed by atoms with Crippen LogP contribution >= 0.6 is 11.8 Å². The quantitative estimate of drug-likeness (QED) is 0.775. The van der Waals surface area contributed by atoms with Crippen molar-refractivity contribution in [2.45, 2.75) is 44.2 Å². The first-order valence-electron chi connectivity index (χ1n) is 5.88. The highest BCUT2D eigenvalue weighted by atomic mass is 32.2. The highest BCUT2D eigenvalue weighted by Crippen LogP contribution is 2.18. The van der Waals surface area contributed by atoms with Crippen LogP contribution in [0.1, 0.15) is 32.1 Å². The van der Waals surface area contributed by atoms with Gasteiger partial charge in [0.05, 0.1) is 6.10 Å². The Balaban J connectivity index is 1.52. The van der Waals surface area contributed by atoms with E-state index in [1.54, 1.807) is 0 Å². The van der Waals surface area contributed by atoms with Crippen molar-refractivity contribution in [2.24, 2.45) is 0 Å². The zero-order valence-corrected chi connectivity index (χ0v) is 9.65. The average molecular weight is 215 g/mol. The maximum absolute atomic E-state index is 5.70. The summed E-state index contributed by atoms with van der Waals surface area (Å²) in [5.41, 5.74) is 0. The minimum atomic E-state index is 0.547. The fraction of sp³-hybridized carbons (Fsp3) is 1.00. The molecule has 1 N–H and O–H groups in total. The molecule has 3 heteroatoms. The van der Waals surface area contributed by atoms with Crippen molar-refractivity contribution in [1.29, 1.82) is 0 Å². The summed E-state index contributed by atoms with van der Waals surface area (Å²) in [5.74, 6) is 2.66. The maximum atomic E-state index is 5.70. The van der Waals surface area contributed by atoms with Crippen LogP contribution in [0.25, 0.3) is 0 Å². The van der Waals surface area contributed by atoms with Gasteiger partial charge in [-0.05, 0) is 44.4 Å². The SMILES string of the molecule is C1CCC(CCNC2CCSC2)OC1. The predicted molar refractivity (Wildman–Crippen MR) is 61.9 cm³/mol. The van der Waals surface area contributed by atoms with Gasteiger partial charge in [-0.2, -0.15) is 11.8 Å². The van der Waals surface area contributed by atoms with E-state index >= 15 is 0 Å². The molecule has 0 aromatic rings. The zero-order chi connectivity index (χ0) is 9.64. The summed E-state index contributed by atoms with van der Waals surface area (Å²) in [6.45, 7) is 2.14. The minimum absolute atomic E-state index is 0.547. The standard InChI is InChI=1S/C11H21NOS/c1-2-7-13-11(3-1)4-6-12-10-5-8-14-9-10/h10-12H,1-9H2. The van der Waals surface area contributed by atoms with Crippen LogP contribution in [0.4, 0.5) is 0 Å². The summed E-state index contributed by atoms with van der Waals surface area (Å²) in [6.07, 6.45) is 7.02. The molecule has 0 amide bonds. The molecule has 0 spiro atoms. The molecule has 2 heterocycles. The number of ether oxygens (including phenoxy) is 1. The van der Waals surface area contributed by atoms with E-state index in [-0.39, 0.29) is 0 Å². The van der Waals surface area contributed by atoms with Crippen LogP contribution in [0.15, 0.2) is 0 Å². The summed E-state index contributed by atoms with van der Waals surface area (Å²) in [6, 6.07) is 0.781. The van der Waals surface area contributed by atoms with E-state index in [0.717, 1.165) is 19.2 Å². The Kier molecular flexibility index (Phi) is 4.61. The van der Waals surface area contributed by atoms with Crippen molar-refractivity contribution in [3.8, 4) is 0 Å². The number of thioether (sulfide) groups is 1. The molecule has 2 atom stereocenters. The van der Waals surface area contributed by atoms with Crippen LogP contribution in [0.5, 0.6) is 0 Å². The Hall–Kier alpha value is 0.270. The summed E-state index contributed by atoms with van der Waals surface area (Å²) < 4.78 is 5.70. The van der Waals surface area contributed by atoms with Crippen molar-refractivity contribution in [2.75, 3.05) is 24.7 Å². The molecule has 0 aromatic heterocycles. The number of nitrogens with one attached hydrogen (secondary N) is 1. The second kappa shape index (κ2) is 5.99. The second-order valence-corrected chi connectivity index (χ2v) is 5.44. The Morgan fingerprint density at radius 1 is 1.29 bits per heavy atom. The zero-order valence-electron chi connectivity index (χ0n) is 8.84. The monoisotopic (exact) mass is 215 g/mol. The Labute approximate surface area is 91.2 Å². The van der Waals surface area contributed by atoms with Crippen molar-refractivity contribution in [1.82, 2.24) is 5.32 Å². The molecule has 0 saturated carbocycles. The van der Waals surface area contributed by atoms with Crippen LogP contribution < -0.4 is 5.32 Å². The average Bonchev–Trinajstić information content (AvgIpc) is 2.72. The molecular formula is C11H21NOS. The molecule has 2 nitrogen and oxygen atoms in total. The third-order valence-electron chi connectivity index (χ3n) is 3.10. The maximum Gasteiger partial charge on any atom is 0.0587 e. The van der Waals surface area contributed by atoms with Gasteiger partial charge in [0.25, 0.3) is 0 Å². The number of rotatable bonds is 4. The minimum Gasteiger partial charge on any atom is -0.378 e. The summed E-state index contributed by atoms with van der Waals surface area (Å²) in [5, 5.41) is 3.63. The fourth-order valence-corrected chi connectivity index (χ4v) is 3.37. The van der Waals surface area contributed by atoms with Gasteiger partial charge in [-0.1, -0.05) is 0 Å². The smallest absolute Gasteiger partial charge is 0.0587 e. The summed E-state index contributed by atoms with van der Waals surface area (Å²) >= 11 is 2.07. The summed E-state index contributed by atoms with van der Waals surface area (Å²) in [7, 11) is 0. The molecule has 0 aliphatic carbocycles. The van der Waals surface area contributed by atoms with Crippen LogP contribution in [0.2, 0.25) is 0 Å². The van der Waals surface area contributed by atoms with Gasteiger partial charge >= 0.3 is 0 Å². The third-order valence-corrected chi connectivity index (χ3v) is 4.27. The Morgan fingerprint density at radius 3 is 3.00 bits per heavy atom. The molecule has 82 valence electrons. The first-order chi connectivity index (χ1) is 6.95. The molecule has 2 aliphatic rings. The van der Waals surface area contributed by atoms with Gasteiger partial charge in [-0.15, -0.1) is 0 Å². The number of hydrogen-bond donors (Lipinski definition) is 1. The van der Waals surface area contributed by atoms with E-state index in [4.69, 9.17) is 4.74 Å². The normalized spacial score (nSPS) is 33.4. The van der Waals surface area contributed by atoms with Gasteiger partial charge in [0.15, 0.2) is 0 Å². The van der Waals surface area contributed by atoms with Gasteiger partial charge in [-0.3, -0.25) is 0 Å². The molecule has 2 fully saturated rings.